The van der Waals surface area contributed by atoms with Gasteiger partial charge in [-0.1, -0.05) is 0 Å². The standard InChI is InChI=1S/C10H8F3NO/c1-10(4-15-5-14-10)7-2-6(11)3-8(12)9(7)13/h2-3,5H,4H2,1H3. The first-order valence-electron chi connectivity index (χ1n) is 4.33. The van der Waals surface area contributed by atoms with Gasteiger partial charge in [0.05, 0.1) is 0 Å². The van der Waals surface area contributed by atoms with Gasteiger partial charge in [-0.3, -0.25) is 0 Å². The fourth-order valence-corrected chi connectivity index (χ4v) is 1.49. The van der Waals surface area contributed by atoms with Crippen molar-refractivity contribution in [1.29, 1.82) is 0 Å². The summed E-state index contributed by atoms with van der Waals surface area (Å²) in [6, 6.07) is 1.44. The van der Waals surface area contributed by atoms with Gasteiger partial charge >= 0.3 is 0 Å². The minimum atomic E-state index is -1.21. The highest BCUT2D eigenvalue weighted by Crippen LogP contribution is 2.32. The Kier molecular flexibility index (Phi) is 2.17. The summed E-state index contributed by atoms with van der Waals surface area (Å²) >= 11 is 0. The normalized spacial score (nSPS) is 24.3. The summed E-state index contributed by atoms with van der Waals surface area (Å²) < 4.78 is 44.1. The third kappa shape index (κ3) is 1.58. The van der Waals surface area contributed by atoms with Crippen molar-refractivity contribution >= 4 is 6.40 Å². The summed E-state index contributed by atoms with van der Waals surface area (Å²) in [5.41, 5.74) is -1.18. The average Bonchev–Trinajstić information content (AvgIpc) is 2.59. The third-order valence-electron chi connectivity index (χ3n) is 2.35. The highest BCUT2D eigenvalue weighted by atomic mass is 19.2. The summed E-state index contributed by atoms with van der Waals surface area (Å²) in [7, 11) is 0. The van der Waals surface area contributed by atoms with Gasteiger partial charge in [0.25, 0.3) is 0 Å². The quantitative estimate of drug-likeness (QED) is 0.659. The molecule has 0 amide bonds. The van der Waals surface area contributed by atoms with Crippen molar-refractivity contribution < 1.29 is 17.9 Å². The van der Waals surface area contributed by atoms with Gasteiger partial charge in [0.2, 0.25) is 0 Å². The molecule has 0 bridgehead atoms. The van der Waals surface area contributed by atoms with Gasteiger partial charge in [0.15, 0.2) is 18.0 Å². The highest BCUT2D eigenvalue weighted by Gasteiger charge is 2.34. The number of benzene rings is 1. The molecular weight excluding hydrogens is 207 g/mol. The first kappa shape index (κ1) is 10.0. The van der Waals surface area contributed by atoms with Crippen molar-refractivity contribution in [3.8, 4) is 0 Å². The number of ether oxygens (including phenoxy) is 1. The van der Waals surface area contributed by atoms with Gasteiger partial charge in [-0.15, -0.1) is 0 Å². The summed E-state index contributed by atoms with van der Waals surface area (Å²) in [5, 5.41) is 0. The van der Waals surface area contributed by atoms with Crippen LogP contribution in [-0.4, -0.2) is 13.0 Å². The van der Waals surface area contributed by atoms with Crippen LogP contribution < -0.4 is 0 Å². The average molecular weight is 215 g/mol. The molecule has 2 nitrogen and oxygen atoms in total. The first-order chi connectivity index (χ1) is 7.03. The maximum atomic E-state index is 13.4. The van der Waals surface area contributed by atoms with Gasteiger partial charge in [-0.05, 0) is 13.0 Å². The zero-order valence-corrected chi connectivity index (χ0v) is 7.93. The molecule has 0 saturated heterocycles. The van der Waals surface area contributed by atoms with Crippen molar-refractivity contribution in [1.82, 2.24) is 0 Å². The van der Waals surface area contributed by atoms with Crippen LogP contribution in [0.2, 0.25) is 0 Å². The Balaban J connectivity index is 2.57. The van der Waals surface area contributed by atoms with Crippen molar-refractivity contribution in [2.24, 2.45) is 4.99 Å². The second-order valence-electron chi connectivity index (χ2n) is 3.57. The molecule has 0 saturated carbocycles. The maximum Gasteiger partial charge on any atom is 0.170 e. The second kappa shape index (κ2) is 3.25. The lowest BCUT2D eigenvalue weighted by Gasteiger charge is -2.19. The summed E-state index contributed by atoms with van der Waals surface area (Å²) in [6.07, 6.45) is 1.16. The largest absolute Gasteiger partial charge is 0.481 e. The predicted octanol–water partition coefficient (Wildman–Crippen LogP) is 2.38. The van der Waals surface area contributed by atoms with Crippen LogP contribution in [0.4, 0.5) is 13.2 Å². The zero-order valence-electron chi connectivity index (χ0n) is 7.93. The second-order valence-corrected chi connectivity index (χ2v) is 3.57. The molecule has 0 fully saturated rings. The van der Waals surface area contributed by atoms with E-state index in [1.807, 2.05) is 0 Å². The molecule has 0 aliphatic carbocycles. The molecule has 1 heterocycles. The lowest BCUT2D eigenvalue weighted by molar-refractivity contribution is 0.269. The molecule has 15 heavy (non-hydrogen) atoms. The summed E-state index contributed by atoms with van der Waals surface area (Å²) in [4.78, 5) is 3.86. The van der Waals surface area contributed by atoms with E-state index < -0.39 is 23.0 Å². The molecule has 1 aromatic carbocycles. The third-order valence-corrected chi connectivity index (χ3v) is 2.35. The molecule has 0 spiro atoms. The number of nitrogens with zero attached hydrogens (tertiary/aromatic N) is 1. The van der Waals surface area contributed by atoms with E-state index in [-0.39, 0.29) is 12.2 Å². The number of rotatable bonds is 1. The topological polar surface area (TPSA) is 21.6 Å². The van der Waals surface area contributed by atoms with Gasteiger partial charge in [-0.2, -0.15) is 0 Å². The Hall–Kier alpha value is -1.52. The van der Waals surface area contributed by atoms with Crippen LogP contribution in [0.15, 0.2) is 17.1 Å². The lowest BCUT2D eigenvalue weighted by atomic mass is 9.93. The van der Waals surface area contributed by atoms with Crippen LogP contribution >= 0.6 is 0 Å². The summed E-state index contributed by atoms with van der Waals surface area (Å²) in [5.74, 6) is -3.12. The van der Waals surface area contributed by atoms with Crippen molar-refractivity contribution in [3.05, 3.63) is 35.1 Å². The molecule has 1 unspecified atom stereocenters. The minimum Gasteiger partial charge on any atom is -0.481 e. The smallest absolute Gasteiger partial charge is 0.170 e. The molecular formula is C10H8F3NO. The maximum absolute atomic E-state index is 13.4. The van der Waals surface area contributed by atoms with E-state index >= 15 is 0 Å². The Labute approximate surface area is 84.4 Å². The Morgan fingerprint density at radius 2 is 2.07 bits per heavy atom. The lowest BCUT2D eigenvalue weighted by Crippen LogP contribution is -2.23. The SMILES string of the molecule is CC1(c2cc(F)cc(F)c2F)COC=N1. The van der Waals surface area contributed by atoms with Gasteiger partial charge in [0, 0.05) is 11.6 Å². The van der Waals surface area contributed by atoms with E-state index in [4.69, 9.17) is 4.74 Å². The number of aliphatic imine (C=N–C) groups is 1. The van der Waals surface area contributed by atoms with Gasteiger partial charge in [0.1, 0.15) is 18.0 Å². The van der Waals surface area contributed by atoms with Crippen LogP contribution in [0.3, 0.4) is 0 Å². The fraction of sp³-hybridized carbons (Fsp3) is 0.300. The highest BCUT2D eigenvalue weighted by molar-refractivity contribution is 5.52. The van der Waals surface area contributed by atoms with Gasteiger partial charge < -0.3 is 4.74 Å². The van der Waals surface area contributed by atoms with Crippen molar-refractivity contribution in [2.45, 2.75) is 12.5 Å². The Morgan fingerprint density at radius 3 is 2.67 bits per heavy atom. The van der Waals surface area contributed by atoms with E-state index in [1.165, 1.54) is 0 Å². The predicted molar refractivity (Wildman–Crippen MR) is 48.1 cm³/mol. The van der Waals surface area contributed by atoms with E-state index in [0.29, 0.717) is 6.07 Å². The summed E-state index contributed by atoms with van der Waals surface area (Å²) in [6.45, 7) is 1.63. The van der Waals surface area contributed by atoms with E-state index in [0.717, 1.165) is 12.5 Å². The molecule has 0 aromatic heterocycles. The molecule has 2 rings (SSSR count). The fourth-order valence-electron chi connectivity index (χ4n) is 1.49. The van der Waals surface area contributed by atoms with E-state index in [9.17, 15) is 13.2 Å². The van der Waals surface area contributed by atoms with Crippen LogP contribution in [0.25, 0.3) is 0 Å². The van der Waals surface area contributed by atoms with Crippen molar-refractivity contribution in [3.63, 3.8) is 0 Å². The molecule has 1 atom stereocenters. The van der Waals surface area contributed by atoms with E-state index in [1.54, 1.807) is 6.92 Å². The van der Waals surface area contributed by atoms with Crippen LogP contribution in [0, 0.1) is 17.5 Å². The molecule has 1 aliphatic heterocycles. The first-order valence-corrected chi connectivity index (χ1v) is 4.33. The minimum absolute atomic E-state index is 0.0762. The monoisotopic (exact) mass is 215 g/mol. The van der Waals surface area contributed by atoms with Crippen LogP contribution in [0.1, 0.15) is 12.5 Å². The number of hydrogen-bond donors (Lipinski definition) is 0. The van der Waals surface area contributed by atoms with E-state index in [2.05, 4.69) is 4.99 Å². The zero-order chi connectivity index (χ0) is 11.1. The molecule has 0 N–H and O–H groups in total. The molecule has 1 aliphatic rings. The van der Waals surface area contributed by atoms with Gasteiger partial charge in [-0.25, -0.2) is 18.2 Å². The molecule has 1 aromatic rings. The number of halogens is 3. The van der Waals surface area contributed by atoms with Crippen LogP contribution in [-0.2, 0) is 10.3 Å². The molecule has 80 valence electrons. The Morgan fingerprint density at radius 1 is 1.33 bits per heavy atom. The van der Waals surface area contributed by atoms with Crippen LogP contribution in [0.5, 0.6) is 0 Å². The Bertz CT molecular complexity index is 433. The molecule has 0 radical (unpaired) electrons. The van der Waals surface area contributed by atoms with Crippen molar-refractivity contribution in [2.75, 3.05) is 6.61 Å². The number of hydrogen-bond acceptors (Lipinski definition) is 2. The molecule has 5 heteroatoms.